The van der Waals surface area contributed by atoms with E-state index in [1.165, 1.54) is 38.9 Å². The molecule has 0 aliphatic heterocycles. The summed E-state index contributed by atoms with van der Waals surface area (Å²) in [7, 11) is 0. The Kier molecular flexibility index (Phi) is 17.4. The third-order valence-electron chi connectivity index (χ3n) is 22.1. The Morgan fingerprint density at radius 1 is 0.129 bits per heavy atom. The van der Waals surface area contributed by atoms with Crippen LogP contribution >= 0.6 is 0 Å². The van der Waals surface area contributed by atoms with Gasteiger partial charge in [0.1, 0.15) is 0 Å². The van der Waals surface area contributed by atoms with Gasteiger partial charge in [0, 0.05) is 88.0 Å². The topological polar surface area (TPSA) is 103 Å². The summed E-state index contributed by atoms with van der Waals surface area (Å²) in [5, 5.41) is 11.2. The molecule has 8 heteroatoms. The fraction of sp³-hybridized carbons (Fsp3) is 0. The smallest absolute Gasteiger partial charge is 0.160 e. The number of benzene rings is 16. The van der Waals surface area contributed by atoms with Gasteiger partial charge in [0.05, 0.1) is 67.3 Å². The first-order valence-corrected chi connectivity index (χ1v) is 39.1. The van der Waals surface area contributed by atoms with Crippen molar-refractivity contribution in [1.82, 2.24) is 39.9 Å². The Morgan fingerprint density at radius 2 is 0.422 bits per heavy atom. The van der Waals surface area contributed by atoms with Crippen molar-refractivity contribution < 1.29 is 0 Å². The molecule has 22 rings (SSSR count). The van der Waals surface area contributed by atoms with Gasteiger partial charge in [-0.3, -0.25) is 0 Å². The average Bonchev–Trinajstić information content (AvgIpc) is 0.742. The van der Waals surface area contributed by atoms with Gasteiger partial charge < -0.3 is 0 Å². The van der Waals surface area contributed by atoms with Crippen LogP contribution in [0.4, 0.5) is 0 Å². The van der Waals surface area contributed by atoms with Crippen LogP contribution in [-0.2, 0) is 0 Å². The van der Waals surface area contributed by atoms with Crippen molar-refractivity contribution in [2.24, 2.45) is 0 Å². The Balaban J connectivity index is 0.000000146. The van der Waals surface area contributed by atoms with Crippen molar-refractivity contribution in [3.8, 4) is 135 Å². The third kappa shape index (κ3) is 13.1. The lowest BCUT2D eigenvalue weighted by atomic mass is 9.95. The lowest BCUT2D eigenvalue weighted by Crippen LogP contribution is -1.96. The zero-order valence-corrected chi connectivity index (χ0v) is 62.8. The first kappa shape index (κ1) is 68.4. The number of rotatable bonds is 12. The summed E-state index contributed by atoms with van der Waals surface area (Å²) in [6.07, 6.45) is 0. The first-order chi connectivity index (χ1) is 57.4. The molecule has 0 atom stereocenters. The normalized spacial score (nSPS) is 11.4. The Labute approximate surface area is 669 Å². The molecule has 0 saturated carbocycles. The number of nitrogens with zero attached hydrogens (tertiary/aromatic N) is 8. The summed E-state index contributed by atoms with van der Waals surface area (Å²) < 4.78 is 0. The summed E-state index contributed by atoms with van der Waals surface area (Å²) in [4.78, 5) is 41.5. The molecule has 6 aromatic heterocycles. The van der Waals surface area contributed by atoms with E-state index in [2.05, 4.69) is 358 Å². The minimum atomic E-state index is 0.684. The Bertz CT molecular complexity index is 7520. The highest BCUT2D eigenvalue weighted by Crippen LogP contribution is 2.42. The standard InChI is InChI=1S/C58H36N4.C50H32N4/c1-4-12-37(13-5-1)38-20-22-39(23-21-38)53-36-54(62-58(61-53)42-16-8-3-9-17-42)46-27-25-44-32-47-34-45(26-24-43(47)33-48(44)35-46)51-31-29-41-28-30-50-55(40-14-6-2-7-15-40)49-18-10-11-19-52(49)60-57(50)56(41)59-51;1-4-13-33(14-5-1)34-23-25-35(26-24-34)45-32-46(54-50(53-45)38-17-8-3-9-18-38)40-20-12-19-39(31-40)43-30-28-37-27-29-42-47(36-15-6-2-7-16-36)41-21-10-11-22-44(41)52-49(42)48(37)51-43/h1-36H;1-32H. The lowest BCUT2D eigenvalue weighted by molar-refractivity contribution is 1.18. The predicted octanol–water partition coefficient (Wildman–Crippen LogP) is 27.8. The fourth-order valence-corrected chi connectivity index (χ4v) is 16.2. The molecule has 0 unspecified atom stereocenters. The molecular formula is C108H68N8. The highest BCUT2D eigenvalue weighted by atomic mass is 14.9. The van der Waals surface area contributed by atoms with E-state index in [1.54, 1.807) is 0 Å². The monoisotopic (exact) mass is 1480 g/mol. The molecule has 0 fully saturated rings. The van der Waals surface area contributed by atoms with Crippen LogP contribution in [0.25, 0.3) is 222 Å². The van der Waals surface area contributed by atoms with Gasteiger partial charge in [0.15, 0.2) is 11.6 Å². The molecule has 0 aliphatic rings. The largest absolute Gasteiger partial charge is 0.245 e. The maximum Gasteiger partial charge on any atom is 0.160 e. The Hall–Kier alpha value is -15.6. The van der Waals surface area contributed by atoms with Crippen molar-refractivity contribution in [2.75, 3.05) is 0 Å². The molecule has 0 spiro atoms. The average molecular weight is 1480 g/mol. The van der Waals surface area contributed by atoms with Gasteiger partial charge >= 0.3 is 0 Å². The van der Waals surface area contributed by atoms with Crippen LogP contribution in [0.3, 0.4) is 0 Å². The van der Waals surface area contributed by atoms with Crippen LogP contribution in [0, 0.1) is 0 Å². The predicted molar refractivity (Wildman–Crippen MR) is 481 cm³/mol. The fourth-order valence-electron chi connectivity index (χ4n) is 16.2. The van der Waals surface area contributed by atoms with Crippen molar-refractivity contribution in [3.63, 3.8) is 0 Å². The van der Waals surface area contributed by atoms with E-state index in [-0.39, 0.29) is 0 Å². The first-order valence-electron chi connectivity index (χ1n) is 39.1. The maximum absolute atomic E-state index is 5.33. The maximum atomic E-state index is 5.33. The van der Waals surface area contributed by atoms with Crippen molar-refractivity contribution in [1.29, 1.82) is 0 Å². The molecule has 0 saturated heterocycles. The lowest BCUT2D eigenvalue weighted by Gasteiger charge is -2.13. The number of hydrogen-bond acceptors (Lipinski definition) is 8. The molecule has 16 aromatic carbocycles. The molecule has 0 aliphatic carbocycles. The van der Waals surface area contributed by atoms with Crippen LogP contribution in [0.5, 0.6) is 0 Å². The minimum absolute atomic E-state index is 0.684. The zero-order chi connectivity index (χ0) is 76.8. The number of fused-ring (bicyclic) bond motifs is 10. The third-order valence-corrected chi connectivity index (χ3v) is 22.1. The number of aromatic nitrogens is 8. The van der Waals surface area contributed by atoms with E-state index in [4.69, 9.17) is 39.9 Å². The van der Waals surface area contributed by atoms with Gasteiger partial charge in [-0.1, -0.05) is 346 Å². The van der Waals surface area contributed by atoms with Gasteiger partial charge in [-0.25, -0.2) is 39.9 Å². The van der Waals surface area contributed by atoms with E-state index < -0.39 is 0 Å². The summed E-state index contributed by atoms with van der Waals surface area (Å²) in [5.41, 5.74) is 28.3. The molecule has 8 nitrogen and oxygen atoms in total. The number of hydrogen-bond donors (Lipinski definition) is 0. The molecular weight excluding hydrogens is 1410 g/mol. The highest BCUT2D eigenvalue weighted by Gasteiger charge is 2.20. The van der Waals surface area contributed by atoms with Crippen LogP contribution in [0.1, 0.15) is 0 Å². The summed E-state index contributed by atoms with van der Waals surface area (Å²) in [6.45, 7) is 0. The second-order valence-corrected chi connectivity index (χ2v) is 29.3. The van der Waals surface area contributed by atoms with Crippen molar-refractivity contribution in [2.45, 2.75) is 0 Å². The van der Waals surface area contributed by atoms with Crippen LogP contribution < -0.4 is 0 Å². The number of pyridine rings is 4. The van der Waals surface area contributed by atoms with E-state index in [9.17, 15) is 0 Å². The second-order valence-electron chi connectivity index (χ2n) is 29.3. The van der Waals surface area contributed by atoms with Crippen LogP contribution in [0.15, 0.2) is 413 Å². The molecule has 540 valence electrons. The van der Waals surface area contributed by atoms with Crippen molar-refractivity contribution in [3.05, 3.63) is 413 Å². The van der Waals surface area contributed by atoms with E-state index in [1.807, 2.05) is 54.6 Å². The van der Waals surface area contributed by atoms with Gasteiger partial charge in [0.2, 0.25) is 0 Å². The summed E-state index contributed by atoms with van der Waals surface area (Å²) in [5.74, 6) is 1.39. The molecule has 116 heavy (non-hydrogen) atoms. The second kappa shape index (κ2) is 29.6. The Morgan fingerprint density at radius 3 is 0.836 bits per heavy atom. The van der Waals surface area contributed by atoms with E-state index in [0.29, 0.717) is 11.6 Å². The molecule has 0 radical (unpaired) electrons. The molecule has 0 bridgehead atoms. The highest BCUT2D eigenvalue weighted by molar-refractivity contribution is 6.18. The number of para-hydroxylation sites is 2. The van der Waals surface area contributed by atoms with Gasteiger partial charge in [-0.05, 0) is 122 Å². The van der Waals surface area contributed by atoms with E-state index >= 15 is 0 Å². The molecule has 0 N–H and O–H groups in total. The summed E-state index contributed by atoms with van der Waals surface area (Å²) >= 11 is 0. The summed E-state index contributed by atoms with van der Waals surface area (Å²) in [6, 6.07) is 144. The van der Waals surface area contributed by atoms with Crippen LogP contribution in [0.2, 0.25) is 0 Å². The molecule has 0 amide bonds. The zero-order valence-electron chi connectivity index (χ0n) is 62.8. The quantitative estimate of drug-likeness (QED) is 0.0880. The SMILES string of the molecule is c1ccc(-c2ccc(-c3cc(-c4ccc5cc6cc(-c7ccc8ccc9c(-c%10ccccc%10)c%10ccccc%10nc9c8n7)ccc6cc5c4)nc(-c4ccccc4)n3)cc2)cc1.c1ccc(-c2ccc(-c3cc(-c4cccc(-c5ccc6ccc7c(-c8ccccc8)c8ccccc8nc7c6n5)c4)nc(-c4ccccc4)n3)cc2)cc1. The minimum Gasteiger partial charge on any atom is -0.245 e. The van der Waals surface area contributed by atoms with Crippen molar-refractivity contribution >= 4 is 87.0 Å². The van der Waals surface area contributed by atoms with E-state index in [0.717, 1.165) is 171 Å². The van der Waals surface area contributed by atoms with Gasteiger partial charge in [-0.15, -0.1) is 0 Å². The van der Waals surface area contributed by atoms with Gasteiger partial charge in [-0.2, -0.15) is 0 Å². The molecule has 22 aromatic rings. The van der Waals surface area contributed by atoms with Crippen LogP contribution in [-0.4, -0.2) is 39.9 Å². The van der Waals surface area contributed by atoms with Gasteiger partial charge in [0.25, 0.3) is 0 Å². The molecule has 6 heterocycles.